The minimum atomic E-state index is 0.346. The molecule has 4 rings (SSSR count). The highest BCUT2D eigenvalue weighted by molar-refractivity contribution is 5.77. The van der Waals surface area contributed by atoms with Crippen molar-refractivity contribution in [3.63, 3.8) is 0 Å². The first-order valence-electron chi connectivity index (χ1n) is 12.1. The number of carbonyl (C=O) groups excluding carboxylic acids is 1. The number of rotatable bonds is 5. The molecule has 1 saturated heterocycles. The smallest absolute Gasteiger partial charge is 0.222 e. The van der Waals surface area contributed by atoms with Crippen LogP contribution < -0.4 is 0 Å². The van der Waals surface area contributed by atoms with Crippen molar-refractivity contribution in [2.75, 3.05) is 20.3 Å². The molecule has 4 aliphatic rings. The van der Waals surface area contributed by atoms with Crippen LogP contribution >= 0.6 is 0 Å². The molecule has 28 heavy (non-hydrogen) atoms. The van der Waals surface area contributed by atoms with Gasteiger partial charge in [0.2, 0.25) is 5.91 Å². The van der Waals surface area contributed by atoms with Crippen molar-refractivity contribution in [2.45, 2.75) is 91.5 Å². The van der Waals surface area contributed by atoms with Gasteiger partial charge in [0.1, 0.15) is 0 Å². The fourth-order valence-corrected chi connectivity index (χ4v) is 8.08. The van der Waals surface area contributed by atoms with Crippen LogP contribution in [-0.4, -0.2) is 37.1 Å². The van der Waals surface area contributed by atoms with E-state index < -0.39 is 0 Å². The summed E-state index contributed by atoms with van der Waals surface area (Å²) in [6.07, 6.45) is 11.1. The van der Waals surface area contributed by atoms with Crippen LogP contribution in [0.5, 0.6) is 0 Å². The fourth-order valence-electron chi connectivity index (χ4n) is 8.08. The topological polar surface area (TPSA) is 29.5 Å². The zero-order valence-electron chi connectivity index (χ0n) is 19.0. The van der Waals surface area contributed by atoms with Crippen molar-refractivity contribution in [2.24, 2.45) is 40.4 Å². The standard InChI is InChI=1S/C25H43NO2/c1-17(2)12-15-28-16-18-6-8-20-19-7-9-22-25(4,14-11-23(27)26(22)5)21(19)10-13-24(18,20)3/h17-22H,6-16H2,1-5H3/t18?,19-,20-,21+,22?,24+,25+/m0/s1. The molecule has 160 valence electrons. The molecule has 0 aromatic heterocycles. The molecular formula is C25H43NO2. The van der Waals surface area contributed by atoms with Gasteiger partial charge in [0.15, 0.2) is 0 Å². The number of likely N-dealkylation sites (tertiary alicyclic amines) is 1. The number of hydrogen-bond donors (Lipinski definition) is 0. The molecule has 0 aromatic rings. The molecule has 7 atom stereocenters. The maximum Gasteiger partial charge on any atom is 0.222 e. The number of ether oxygens (including phenoxy) is 1. The fraction of sp³-hybridized carbons (Fsp3) is 0.960. The highest BCUT2D eigenvalue weighted by Crippen LogP contribution is 2.66. The van der Waals surface area contributed by atoms with E-state index >= 15 is 0 Å². The lowest BCUT2D eigenvalue weighted by Crippen LogP contribution is -2.61. The second kappa shape index (κ2) is 7.60. The van der Waals surface area contributed by atoms with Gasteiger partial charge in [0, 0.05) is 32.7 Å². The third kappa shape index (κ3) is 3.24. The maximum atomic E-state index is 12.3. The van der Waals surface area contributed by atoms with Gasteiger partial charge in [-0.15, -0.1) is 0 Å². The van der Waals surface area contributed by atoms with E-state index in [1.54, 1.807) is 0 Å². The van der Waals surface area contributed by atoms with E-state index in [9.17, 15) is 4.79 Å². The molecule has 2 unspecified atom stereocenters. The van der Waals surface area contributed by atoms with Gasteiger partial charge in [-0.2, -0.15) is 0 Å². The molecule has 1 heterocycles. The number of piperidine rings is 1. The van der Waals surface area contributed by atoms with Gasteiger partial charge in [0.25, 0.3) is 0 Å². The Balaban J connectivity index is 1.45. The molecular weight excluding hydrogens is 346 g/mol. The molecule has 0 aromatic carbocycles. The Morgan fingerprint density at radius 1 is 1.04 bits per heavy atom. The SMILES string of the molecule is CC(C)CCOCC1CC[C@H]2[C@@H]3CCC4N(C)C(=O)CC[C@]4(C)[C@@H]3CC[C@]12C. The molecule has 0 spiro atoms. The Hall–Kier alpha value is -0.570. The van der Waals surface area contributed by atoms with Crippen LogP contribution in [-0.2, 0) is 9.53 Å². The predicted molar refractivity (Wildman–Crippen MR) is 114 cm³/mol. The molecule has 4 fully saturated rings. The summed E-state index contributed by atoms with van der Waals surface area (Å²) in [4.78, 5) is 14.4. The summed E-state index contributed by atoms with van der Waals surface area (Å²) < 4.78 is 6.17. The number of hydrogen-bond acceptors (Lipinski definition) is 2. The van der Waals surface area contributed by atoms with Crippen molar-refractivity contribution in [1.29, 1.82) is 0 Å². The van der Waals surface area contributed by atoms with Crippen LogP contribution in [0, 0.1) is 40.4 Å². The van der Waals surface area contributed by atoms with Crippen LogP contribution in [0.15, 0.2) is 0 Å². The quantitative estimate of drug-likeness (QED) is 0.579. The molecule has 0 bridgehead atoms. The zero-order valence-corrected chi connectivity index (χ0v) is 19.0. The normalized spacial score (nSPS) is 45.7. The third-order valence-electron chi connectivity index (χ3n) is 9.91. The molecule has 3 heteroatoms. The second-order valence-electron chi connectivity index (χ2n) is 11.6. The highest BCUT2D eigenvalue weighted by Gasteiger charge is 2.60. The Labute approximate surface area is 173 Å². The van der Waals surface area contributed by atoms with Gasteiger partial charge in [-0.3, -0.25) is 4.79 Å². The van der Waals surface area contributed by atoms with Crippen LogP contribution in [0.25, 0.3) is 0 Å². The molecule has 1 amide bonds. The second-order valence-corrected chi connectivity index (χ2v) is 11.6. The van der Waals surface area contributed by atoms with Gasteiger partial charge in [-0.25, -0.2) is 0 Å². The zero-order chi connectivity index (χ0) is 20.1. The summed E-state index contributed by atoms with van der Waals surface area (Å²) in [7, 11) is 2.07. The lowest BCUT2D eigenvalue weighted by Gasteiger charge is -2.61. The Bertz CT molecular complexity index is 589. The Kier molecular flexibility index (Phi) is 5.61. The first kappa shape index (κ1) is 20.7. The number of nitrogens with zero attached hydrogens (tertiary/aromatic N) is 1. The van der Waals surface area contributed by atoms with Crippen LogP contribution in [0.1, 0.15) is 85.5 Å². The van der Waals surface area contributed by atoms with Gasteiger partial charge < -0.3 is 9.64 Å². The summed E-state index contributed by atoms with van der Waals surface area (Å²) in [5.74, 6) is 4.44. The van der Waals surface area contributed by atoms with E-state index in [-0.39, 0.29) is 0 Å². The average Bonchev–Trinajstić information content (AvgIpc) is 2.98. The van der Waals surface area contributed by atoms with Crippen molar-refractivity contribution < 1.29 is 9.53 Å². The van der Waals surface area contributed by atoms with Gasteiger partial charge in [-0.1, -0.05) is 27.7 Å². The van der Waals surface area contributed by atoms with Crippen molar-refractivity contribution in [3.05, 3.63) is 0 Å². The number of carbonyl (C=O) groups is 1. The summed E-state index contributed by atoms with van der Waals surface area (Å²) in [6.45, 7) is 11.6. The summed E-state index contributed by atoms with van der Waals surface area (Å²) in [5, 5.41) is 0. The maximum absolute atomic E-state index is 12.3. The largest absolute Gasteiger partial charge is 0.381 e. The van der Waals surface area contributed by atoms with Gasteiger partial charge >= 0.3 is 0 Å². The molecule has 3 nitrogen and oxygen atoms in total. The Morgan fingerprint density at radius 2 is 1.79 bits per heavy atom. The Morgan fingerprint density at radius 3 is 2.54 bits per heavy atom. The van der Waals surface area contributed by atoms with E-state index in [0.717, 1.165) is 55.6 Å². The first-order chi connectivity index (χ1) is 13.3. The lowest BCUT2D eigenvalue weighted by molar-refractivity contribution is -0.159. The highest BCUT2D eigenvalue weighted by atomic mass is 16.5. The van der Waals surface area contributed by atoms with E-state index in [1.165, 1.54) is 44.9 Å². The third-order valence-corrected chi connectivity index (χ3v) is 9.91. The summed E-state index contributed by atoms with van der Waals surface area (Å²) >= 11 is 0. The van der Waals surface area contributed by atoms with E-state index in [0.29, 0.717) is 22.8 Å². The van der Waals surface area contributed by atoms with Gasteiger partial charge in [-0.05, 0) is 91.8 Å². The van der Waals surface area contributed by atoms with E-state index in [4.69, 9.17) is 4.74 Å². The molecule has 3 saturated carbocycles. The average molecular weight is 390 g/mol. The van der Waals surface area contributed by atoms with E-state index in [2.05, 4.69) is 39.6 Å². The van der Waals surface area contributed by atoms with Gasteiger partial charge in [0.05, 0.1) is 0 Å². The van der Waals surface area contributed by atoms with Crippen LogP contribution in [0.3, 0.4) is 0 Å². The van der Waals surface area contributed by atoms with Crippen molar-refractivity contribution in [3.8, 4) is 0 Å². The summed E-state index contributed by atoms with van der Waals surface area (Å²) in [6, 6.07) is 0.482. The van der Waals surface area contributed by atoms with Crippen LogP contribution in [0.4, 0.5) is 0 Å². The molecule has 3 aliphatic carbocycles. The lowest BCUT2D eigenvalue weighted by atomic mass is 9.47. The number of fused-ring (bicyclic) bond motifs is 5. The predicted octanol–water partition coefficient (Wildman–Crippen LogP) is 5.53. The van der Waals surface area contributed by atoms with Crippen LogP contribution in [0.2, 0.25) is 0 Å². The number of amides is 1. The molecule has 0 radical (unpaired) electrons. The monoisotopic (exact) mass is 389 g/mol. The first-order valence-corrected chi connectivity index (χ1v) is 12.1. The molecule has 0 N–H and O–H groups in total. The molecule has 1 aliphatic heterocycles. The minimum Gasteiger partial charge on any atom is -0.381 e. The summed E-state index contributed by atoms with van der Waals surface area (Å²) in [5.41, 5.74) is 0.831. The van der Waals surface area contributed by atoms with Crippen molar-refractivity contribution in [1.82, 2.24) is 4.90 Å². The minimum absolute atomic E-state index is 0.346. The van der Waals surface area contributed by atoms with Crippen molar-refractivity contribution >= 4 is 5.91 Å². The van der Waals surface area contributed by atoms with E-state index in [1.807, 2.05) is 0 Å².